The van der Waals surface area contributed by atoms with Crippen LogP contribution in [-0.2, 0) is 0 Å². The maximum absolute atomic E-state index is 13.7. The molecule has 0 aliphatic rings. The van der Waals surface area contributed by atoms with Crippen LogP contribution in [0.2, 0.25) is 0 Å². The molecule has 1 aromatic rings. The molecule has 0 bridgehead atoms. The van der Waals surface area contributed by atoms with E-state index in [9.17, 15) is 13.6 Å². The normalized spacial score (nSPS) is 10.9. The first-order chi connectivity index (χ1) is 8.88. The van der Waals surface area contributed by atoms with Gasteiger partial charge in [-0.2, -0.15) is 0 Å². The summed E-state index contributed by atoms with van der Waals surface area (Å²) in [5.74, 6) is -1.83. The van der Waals surface area contributed by atoms with Crippen molar-refractivity contribution in [2.75, 3.05) is 11.9 Å². The number of amides is 1. The van der Waals surface area contributed by atoms with Crippen molar-refractivity contribution >= 4 is 21.8 Å². The Kier molecular flexibility index (Phi) is 5.91. The van der Waals surface area contributed by atoms with E-state index >= 15 is 0 Å². The van der Waals surface area contributed by atoms with Gasteiger partial charge in [0.1, 0.15) is 11.6 Å². The Labute approximate surface area is 120 Å². The summed E-state index contributed by atoms with van der Waals surface area (Å²) in [6.07, 6.45) is 0.783. The molecule has 5 heteroatoms. The summed E-state index contributed by atoms with van der Waals surface area (Å²) in [5.41, 5.74) is 0.205. The number of carbonyl (C=O) groups is 1. The van der Waals surface area contributed by atoms with Crippen molar-refractivity contribution < 1.29 is 13.6 Å². The Morgan fingerprint density at radius 1 is 1.32 bits per heavy atom. The zero-order valence-electron chi connectivity index (χ0n) is 11.3. The van der Waals surface area contributed by atoms with Gasteiger partial charge in [-0.05, 0) is 38.8 Å². The van der Waals surface area contributed by atoms with Gasteiger partial charge >= 0.3 is 0 Å². The molecule has 106 valence electrons. The highest BCUT2D eigenvalue weighted by molar-refractivity contribution is 9.09. The fourth-order valence-electron chi connectivity index (χ4n) is 1.80. The number of hydrogen-bond donors (Lipinski definition) is 0. The van der Waals surface area contributed by atoms with E-state index in [-0.39, 0.29) is 17.2 Å². The van der Waals surface area contributed by atoms with Crippen LogP contribution in [0.4, 0.5) is 8.78 Å². The molecule has 0 atom stereocenters. The molecule has 1 amide bonds. The van der Waals surface area contributed by atoms with E-state index in [2.05, 4.69) is 15.9 Å². The highest BCUT2D eigenvalue weighted by Crippen LogP contribution is 2.17. The molecule has 0 aliphatic heterocycles. The molecule has 0 aromatic heterocycles. The van der Waals surface area contributed by atoms with Crippen molar-refractivity contribution in [1.29, 1.82) is 0 Å². The third-order valence-electron chi connectivity index (χ3n) is 2.90. The molecule has 0 radical (unpaired) electrons. The Balaban J connectivity index is 3.06. The van der Waals surface area contributed by atoms with Crippen molar-refractivity contribution in [3.05, 3.63) is 34.9 Å². The highest BCUT2D eigenvalue weighted by atomic mass is 79.9. The van der Waals surface area contributed by atoms with Crippen LogP contribution in [0.15, 0.2) is 12.1 Å². The minimum atomic E-state index is -0.808. The predicted octanol–water partition coefficient (Wildman–Crippen LogP) is 3.91. The summed E-state index contributed by atoms with van der Waals surface area (Å²) in [5, 5.41) is 0.772. The Morgan fingerprint density at radius 3 is 2.47 bits per heavy atom. The van der Waals surface area contributed by atoms with Crippen molar-refractivity contribution in [3.8, 4) is 0 Å². The lowest BCUT2D eigenvalue weighted by Crippen LogP contribution is -2.38. The van der Waals surface area contributed by atoms with Crippen LogP contribution in [0.1, 0.15) is 36.2 Å². The Hall–Kier alpha value is -0.970. The second kappa shape index (κ2) is 6.98. The van der Waals surface area contributed by atoms with E-state index < -0.39 is 17.5 Å². The molecule has 1 aromatic carbocycles. The second-order valence-corrected chi connectivity index (χ2v) is 5.51. The van der Waals surface area contributed by atoms with Crippen LogP contribution in [0, 0.1) is 18.6 Å². The number of aryl methyl sites for hydroxylation is 1. The second-order valence-electron chi connectivity index (χ2n) is 4.72. The van der Waals surface area contributed by atoms with E-state index in [0.29, 0.717) is 6.54 Å². The molecule has 0 spiro atoms. The van der Waals surface area contributed by atoms with Gasteiger partial charge in [0.15, 0.2) is 0 Å². The molecule has 0 fully saturated rings. The number of rotatable bonds is 5. The van der Waals surface area contributed by atoms with Crippen LogP contribution < -0.4 is 0 Å². The summed E-state index contributed by atoms with van der Waals surface area (Å²) in [4.78, 5) is 13.9. The van der Waals surface area contributed by atoms with E-state index in [1.54, 1.807) is 4.90 Å². The minimum Gasteiger partial charge on any atom is -0.336 e. The lowest BCUT2D eigenvalue weighted by Gasteiger charge is -2.27. The van der Waals surface area contributed by atoms with Gasteiger partial charge in [0.25, 0.3) is 5.91 Å². The van der Waals surface area contributed by atoms with Gasteiger partial charge in [-0.15, -0.1) is 0 Å². The standard InChI is InChI=1S/C14H18BrF2NO/c1-9(2)18(6-4-5-15)14(19)11-7-10(3)12(16)8-13(11)17/h7-9H,4-6H2,1-3H3. The van der Waals surface area contributed by atoms with Gasteiger partial charge in [-0.1, -0.05) is 15.9 Å². The molecule has 0 unspecified atom stereocenters. The number of halogens is 3. The third-order valence-corrected chi connectivity index (χ3v) is 3.46. The quantitative estimate of drug-likeness (QED) is 0.748. The zero-order chi connectivity index (χ0) is 14.6. The van der Waals surface area contributed by atoms with Crippen LogP contribution in [0.3, 0.4) is 0 Å². The fourth-order valence-corrected chi connectivity index (χ4v) is 2.05. The van der Waals surface area contributed by atoms with Gasteiger partial charge in [-0.25, -0.2) is 8.78 Å². The summed E-state index contributed by atoms with van der Waals surface area (Å²) in [6, 6.07) is 2.01. The average molecular weight is 334 g/mol. The smallest absolute Gasteiger partial charge is 0.257 e. The van der Waals surface area contributed by atoms with Crippen molar-refractivity contribution in [1.82, 2.24) is 4.90 Å². The van der Waals surface area contributed by atoms with Crippen molar-refractivity contribution in [3.63, 3.8) is 0 Å². The largest absolute Gasteiger partial charge is 0.336 e. The molecule has 0 N–H and O–H groups in total. The number of hydrogen-bond acceptors (Lipinski definition) is 1. The molecule has 0 saturated carbocycles. The van der Waals surface area contributed by atoms with Crippen LogP contribution in [-0.4, -0.2) is 28.7 Å². The van der Waals surface area contributed by atoms with Crippen molar-refractivity contribution in [2.45, 2.75) is 33.2 Å². The van der Waals surface area contributed by atoms with E-state index in [0.717, 1.165) is 17.8 Å². The molecular weight excluding hydrogens is 316 g/mol. The first-order valence-corrected chi connectivity index (χ1v) is 7.33. The lowest BCUT2D eigenvalue weighted by molar-refractivity contribution is 0.0701. The first kappa shape index (κ1) is 16.1. The molecule has 0 aliphatic carbocycles. The zero-order valence-corrected chi connectivity index (χ0v) is 12.9. The summed E-state index contributed by atoms with van der Waals surface area (Å²) in [6.45, 7) is 5.81. The Bertz CT molecular complexity index is 463. The molecule has 1 rings (SSSR count). The highest BCUT2D eigenvalue weighted by Gasteiger charge is 2.22. The maximum atomic E-state index is 13.7. The summed E-state index contributed by atoms with van der Waals surface area (Å²) >= 11 is 3.31. The number of nitrogens with zero attached hydrogens (tertiary/aromatic N) is 1. The SMILES string of the molecule is Cc1cc(C(=O)N(CCCBr)C(C)C)c(F)cc1F. The van der Waals surface area contributed by atoms with Gasteiger partial charge in [-0.3, -0.25) is 4.79 Å². The third kappa shape index (κ3) is 4.00. The summed E-state index contributed by atoms with van der Waals surface area (Å²) in [7, 11) is 0. The van der Waals surface area contributed by atoms with Crippen LogP contribution in [0.25, 0.3) is 0 Å². The first-order valence-electron chi connectivity index (χ1n) is 6.21. The van der Waals surface area contributed by atoms with Gasteiger partial charge in [0.2, 0.25) is 0 Å². The van der Waals surface area contributed by atoms with Crippen LogP contribution in [0.5, 0.6) is 0 Å². The van der Waals surface area contributed by atoms with Gasteiger partial charge in [0, 0.05) is 24.0 Å². The van der Waals surface area contributed by atoms with E-state index in [1.807, 2.05) is 13.8 Å². The predicted molar refractivity (Wildman–Crippen MR) is 75.7 cm³/mol. The maximum Gasteiger partial charge on any atom is 0.257 e. The number of carbonyl (C=O) groups excluding carboxylic acids is 1. The monoisotopic (exact) mass is 333 g/mol. The Morgan fingerprint density at radius 2 is 1.95 bits per heavy atom. The summed E-state index contributed by atoms with van der Waals surface area (Å²) < 4.78 is 26.9. The molecular formula is C14H18BrF2NO. The number of benzene rings is 1. The van der Waals surface area contributed by atoms with E-state index in [4.69, 9.17) is 0 Å². The minimum absolute atomic E-state index is 0.0312. The molecule has 0 saturated heterocycles. The van der Waals surface area contributed by atoms with Gasteiger partial charge < -0.3 is 4.90 Å². The topological polar surface area (TPSA) is 20.3 Å². The average Bonchev–Trinajstić information content (AvgIpc) is 2.33. The fraction of sp³-hybridized carbons (Fsp3) is 0.500. The van der Waals surface area contributed by atoms with E-state index in [1.165, 1.54) is 13.0 Å². The van der Waals surface area contributed by atoms with Crippen molar-refractivity contribution in [2.24, 2.45) is 0 Å². The molecule has 2 nitrogen and oxygen atoms in total. The molecule has 19 heavy (non-hydrogen) atoms. The van der Waals surface area contributed by atoms with Gasteiger partial charge in [0.05, 0.1) is 5.56 Å². The van der Waals surface area contributed by atoms with Crippen LogP contribution >= 0.6 is 15.9 Å². The number of alkyl halides is 1. The lowest BCUT2D eigenvalue weighted by atomic mass is 10.1. The molecule has 0 heterocycles.